The normalized spacial score (nSPS) is 23.1. The van der Waals surface area contributed by atoms with E-state index in [1.807, 2.05) is 23.1 Å². The number of benzene rings is 1. The summed E-state index contributed by atoms with van der Waals surface area (Å²) in [5.41, 5.74) is 0.896. The lowest BCUT2D eigenvalue weighted by molar-refractivity contribution is -0.870. The molecule has 10 heteroatoms. The zero-order valence-corrected chi connectivity index (χ0v) is 24.7. The van der Waals surface area contributed by atoms with Gasteiger partial charge in [0.05, 0.1) is 53.4 Å². The lowest BCUT2D eigenvalue weighted by atomic mass is 9.83. The molecule has 0 bridgehead atoms. The van der Waals surface area contributed by atoms with Gasteiger partial charge in [0, 0.05) is 31.6 Å². The lowest BCUT2D eigenvalue weighted by Gasteiger charge is -2.30. The van der Waals surface area contributed by atoms with Gasteiger partial charge in [-0.05, 0) is 49.8 Å². The van der Waals surface area contributed by atoms with Gasteiger partial charge in [-0.3, -0.25) is 14.5 Å². The SMILES string of the molecule is CCCCN(CCCC[N+](C)(C)C)C(=O)CN1C[C@H](c2ccc3c(c2)OCO3)C(C(=O)O)[C@@H]1CCC1OCCO1. The third-order valence-corrected chi connectivity index (χ3v) is 8.23. The van der Waals surface area contributed by atoms with Crippen molar-refractivity contribution in [1.82, 2.24) is 9.80 Å². The summed E-state index contributed by atoms with van der Waals surface area (Å²) in [5.74, 6) is -0.400. The van der Waals surface area contributed by atoms with Crippen LogP contribution in [0.1, 0.15) is 56.9 Å². The molecular formula is C30H48N3O7+. The number of carboxylic acid groups (broad SMARTS) is 1. The highest BCUT2D eigenvalue weighted by atomic mass is 16.7. The van der Waals surface area contributed by atoms with E-state index in [0.29, 0.717) is 44.1 Å². The first-order valence-electron chi connectivity index (χ1n) is 14.8. The fraction of sp³-hybridized carbons (Fsp3) is 0.733. The third-order valence-electron chi connectivity index (χ3n) is 8.23. The number of amides is 1. The van der Waals surface area contributed by atoms with E-state index in [4.69, 9.17) is 18.9 Å². The first kappa shape index (κ1) is 30.6. The number of quaternary nitrogens is 1. The van der Waals surface area contributed by atoms with E-state index in [9.17, 15) is 14.7 Å². The summed E-state index contributed by atoms with van der Waals surface area (Å²) in [6, 6.07) is 5.37. The quantitative estimate of drug-likeness (QED) is 0.257. The molecule has 2 fully saturated rings. The fourth-order valence-electron chi connectivity index (χ4n) is 6.09. The van der Waals surface area contributed by atoms with Crippen molar-refractivity contribution in [3.05, 3.63) is 23.8 Å². The van der Waals surface area contributed by atoms with Crippen molar-refractivity contribution in [3.63, 3.8) is 0 Å². The first-order chi connectivity index (χ1) is 19.2. The average Bonchev–Trinajstić information content (AvgIpc) is 3.66. The molecule has 1 aromatic carbocycles. The van der Waals surface area contributed by atoms with Crippen LogP contribution in [0.25, 0.3) is 0 Å². The van der Waals surface area contributed by atoms with Crippen LogP contribution < -0.4 is 9.47 Å². The van der Waals surface area contributed by atoms with Gasteiger partial charge >= 0.3 is 5.97 Å². The molecule has 1 unspecified atom stereocenters. The number of rotatable bonds is 15. The van der Waals surface area contributed by atoms with Crippen molar-refractivity contribution in [2.24, 2.45) is 5.92 Å². The smallest absolute Gasteiger partial charge is 0.308 e. The predicted molar refractivity (Wildman–Crippen MR) is 150 cm³/mol. The van der Waals surface area contributed by atoms with Gasteiger partial charge in [0.2, 0.25) is 12.7 Å². The second kappa shape index (κ2) is 14.0. The number of carboxylic acids is 1. The molecule has 2 saturated heterocycles. The van der Waals surface area contributed by atoms with Crippen molar-refractivity contribution in [3.8, 4) is 11.5 Å². The Morgan fingerprint density at radius 3 is 2.45 bits per heavy atom. The van der Waals surface area contributed by atoms with Crippen molar-refractivity contribution < 1.29 is 38.1 Å². The van der Waals surface area contributed by atoms with E-state index in [0.717, 1.165) is 55.4 Å². The number of fused-ring (bicyclic) bond motifs is 1. The van der Waals surface area contributed by atoms with Crippen LogP contribution in [0.2, 0.25) is 0 Å². The maximum Gasteiger partial charge on any atom is 0.308 e. The Bertz CT molecular complexity index is 992. The largest absolute Gasteiger partial charge is 0.481 e. The standard InChI is InChI=1S/C30H47N3O7/c1-5-6-13-31(14-7-8-15-33(2,3)4)27(34)20-32-19-23(22-9-11-25-26(18-22)40-21-39-25)29(30(35)36)24(32)10-12-28-37-16-17-38-28/h9,11,18,23-24,28-29H,5-8,10,12-17,19-21H2,1-4H3/p+1/t23-,24+,29?/m1/s1. The predicted octanol–water partition coefficient (Wildman–Crippen LogP) is 3.15. The molecule has 0 spiro atoms. The van der Waals surface area contributed by atoms with E-state index in [2.05, 4.69) is 33.0 Å². The summed E-state index contributed by atoms with van der Waals surface area (Å²) in [6.45, 7) is 6.64. The summed E-state index contributed by atoms with van der Waals surface area (Å²) in [7, 11) is 6.56. The maximum atomic E-state index is 13.7. The van der Waals surface area contributed by atoms with Crippen molar-refractivity contribution in [2.75, 3.05) is 73.9 Å². The number of aliphatic carboxylic acids is 1. The van der Waals surface area contributed by atoms with E-state index in [1.54, 1.807) is 0 Å². The number of unbranched alkanes of at least 4 members (excludes halogenated alkanes) is 2. The number of likely N-dealkylation sites (tertiary alicyclic amines) is 1. The molecular weight excluding hydrogens is 514 g/mol. The lowest BCUT2D eigenvalue weighted by Crippen LogP contribution is -2.45. The molecule has 3 atom stereocenters. The second-order valence-electron chi connectivity index (χ2n) is 12.3. The molecule has 0 aromatic heterocycles. The number of carbonyl (C=O) groups excluding carboxylic acids is 1. The number of hydrogen-bond donors (Lipinski definition) is 1. The van der Waals surface area contributed by atoms with Crippen LogP contribution in [0.4, 0.5) is 0 Å². The topological polar surface area (TPSA) is 97.8 Å². The van der Waals surface area contributed by atoms with Gasteiger partial charge in [-0.1, -0.05) is 19.4 Å². The highest BCUT2D eigenvalue weighted by molar-refractivity contribution is 5.79. The summed E-state index contributed by atoms with van der Waals surface area (Å²) in [6.07, 6.45) is 4.84. The van der Waals surface area contributed by atoms with Crippen LogP contribution in [0.15, 0.2) is 18.2 Å². The molecule has 0 saturated carbocycles. The molecule has 4 rings (SSSR count). The van der Waals surface area contributed by atoms with Crippen molar-refractivity contribution >= 4 is 11.9 Å². The van der Waals surface area contributed by atoms with E-state index >= 15 is 0 Å². The zero-order valence-electron chi connectivity index (χ0n) is 24.7. The highest BCUT2D eigenvalue weighted by Crippen LogP contribution is 2.43. The van der Waals surface area contributed by atoms with Gasteiger partial charge in [-0.2, -0.15) is 0 Å². The van der Waals surface area contributed by atoms with E-state index in [1.165, 1.54) is 0 Å². The average molecular weight is 563 g/mol. The molecule has 1 amide bonds. The van der Waals surface area contributed by atoms with Crippen LogP contribution in [-0.2, 0) is 19.1 Å². The zero-order chi connectivity index (χ0) is 28.7. The minimum absolute atomic E-state index is 0.0764. The molecule has 40 heavy (non-hydrogen) atoms. The number of ether oxygens (including phenoxy) is 4. The molecule has 10 nitrogen and oxygen atoms in total. The maximum absolute atomic E-state index is 13.7. The Kier molecular flexibility index (Phi) is 10.7. The monoisotopic (exact) mass is 562 g/mol. The Morgan fingerprint density at radius 2 is 1.75 bits per heavy atom. The molecule has 1 N–H and O–H groups in total. The first-order valence-corrected chi connectivity index (χ1v) is 14.8. The van der Waals surface area contributed by atoms with Crippen LogP contribution >= 0.6 is 0 Å². The molecule has 0 radical (unpaired) electrons. The van der Waals surface area contributed by atoms with Crippen LogP contribution in [0.5, 0.6) is 11.5 Å². The second-order valence-corrected chi connectivity index (χ2v) is 12.3. The Morgan fingerprint density at radius 1 is 1.02 bits per heavy atom. The van der Waals surface area contributed by atoms with Crippen molar-refractivity contribution in [1.29, 1.82) is 0 Å². The van der Waals surface area contributed by atoms with Gasteiger partial charge in [-0.15, -0.1) is 0 Å². The van der Waals surface area contributed by atoms with Gasteiger partial charge in [0.1, 0.15) is 0 Å². The van der Waals surface area contributed by atoms with Gasteiger partial charge in [0.15, 0.2) is 17.8 Å². The van der Waals surface area contributed by atoms with Gasteiger partial charge in [-0.25, -0.2) is 0 Å². The number of hydrogen-bond acceptors (Lipinski definition) is 7. The number of carbonyl (C=O) groups is 2. The minimum atomic E-state index is -0.848. The third kappa shape index (κ3) is 8.09. The van der Waals surface area contributed by atoms with Crippen molar-refractivity contribution in [2.45, 2.75) is 63.7 Å². The molecule has 0 aliphatic carbocycles. The minimum Gasteiger partial charge on any atom is -0.481 e. The molecule has 3 heterocycles. The van der Waals surface area contributed by atoms with Crippen LogP contribution in [0.3, 0.4) is 0 Å². The van der Waals surface area contributed by atoms with Gasteiger partial charge in [0.25, 0.3) is 0 Å². The van der Waals surface area contributed by atoms with Crippen LogP contribution in [-0.4, -0.2) is 117 Å². The Labute approximate surface area is 238 Å². The molecule has 3 aliphatic heterocycles. The fourth-order valence-corrected chi connectivity index (χ4v) is 6.09. The van der Waals surface area contributed by atoms with Crippen LogP contribution in [0, 0.1) is 5.92 Å². The Hall–Kier alpha value is -2.40. The molecule has 1 aromatic rings. The summed E-state index contributed by atoms with van der Waals surface area (Å²) < 4.78 is 23.3. The Balaban J connectivity index is 1.50. The summed E-state index contributed by atoms with van der Waals surface area (Å²) in [4.78, 5) is 30.6. The van der Waals surface area contributed by atoms with Gasteiger partial charge < -0.3 is 33.4 Å². The molecule has 3 aliphatic rings. The van der Waals surface area contributed by atoms with E-state index < -0.39 is 11.9 Å². The molecule has 224 valence electrons. The van der Waals surface area contributed by atoms with E-state index in [-0.39, 0.29) is 37.5 Å². The number of nitrogens with zero attached hydrogens (tertiary/aromatic N) is 3. The summed E-state index contributed by atoms with van der Waals surface area (Å²) in [5, 5.41) is 10.4. The summed E-state index contributed by atoms with van der Waals surface area (Å²) >= 11 is 0. The highest BCUT2D eigenvalue weighted by Gasteiger charge is 2.47.